The predicted octanol–water partition coefficient (Wildman–Crippen LogP) is 2.22. The normalized spacial score (nSPS) is 12.8. The van der Waals surface area contributed by atoms with Crippen molar-refractivity contribution in [3.8, 4) is 5.75 Å². The Hall–Kier alpha value is -3.85. The minimum Gasteiger partial charge on any atom is -0.507 e. The summed E-state index contributed by atoms with van der Waals surface area (Å²) in [4.78, 5) is 24.6. The van der Waals surface area contributed by atoms with E-state index < -0.39 is 21.8 Å². The van der Waals surface area contributed by atoms with Crippen LogP contribution in [0.4, 0.5) is 5.69 Å². The fourth-order valence-electron chi connectivity index (χ4n) is 3.40. The molecule has 1 aliphatic rings. The summed E-state index contributed by atoms with van der Waals surface area (Å²) in [7, 11) is -3.86. The number of carbonyl (C=O) groups is 2. The van der Waals surface area contributed by atoms with Crippen molar-refractivity contribution in [2.24, 2.45) is 0 Å². The van der Waals surface area contributed by atoms with Gasteiger partial charge in [-0.05, 0) is 48.4 Å². The Bertz CT molecular complexity index is 1270. The number of nitrogens with zero attached hydrogens (tertiary/aromatic N) is 1. The summed E-state index contributed by atoms with van der Waals surface area (Å²) in [5.74, 6) is -1.63. The van der Waals surface area contributed by atoms with E-state index in [0.29, 0.717) is 18.7 Å². The highest BCUT2D eigenvalue weighted by atomic mass is 32.2. The average Bonchev–Trinajstić information content (AvgIpc) is 3.23. The number of hydrogen-bond acceptors (Lipinski definition) is 5. The zero-order valence-corrected chi connectivity index (χ0v) is 17.1. The molecule has 3 aromatic rings. The maximum atomic E-state index is 13.2. The van der Waals surface area contributed by atoms with Crippen molar-refractivity contribution >= 4 is 27.5 Å². The molecule has 0 bridgehead atoms. The van der Waals surface area contributed by atoms with E-state index in [2.05, 4.69) is 10.9 Å². The number of amides is 2. The van der Waals surface area contributed by atoms with Gasteiger partial charge in [-0.25, -0.2) is 8.42 Å². The third-order valence-electron chi connectivity index (χ3n) is 4.97. The van der Waals surface area contributed by atoms with Crippen LogP contribution in [0.25, 0.3) is 0 Å². The van der Waals surface area contributed by atoms with Crippen LogP contribution >= 0.6 is 0 Å². The first-order valence-electron chi connectivity index (χ1n) is 9.47. The van der Waals surface area contributed by atoms with Crippen molar-refractivity contribution in [1.82, 2.24) is 10.9 Å². The zero-order valence-electron chi connectivity index (χ0n) is 16.3. The van der Waals surface area contributed by atoms with Gasteiger partial charge in [0.25, 0.3) is 21.8 Å². The van der Waals surface area contributed by atoms with Gasteiger partial charge in [0.05, 0.1) is 16.1 Å². The third kappa shape index (κ3) is 3.95. The SMILES string of the molecule is O=C(NNC(=O)c1ccccc1O)c1cccc(S(=O)(=O)N2CCc3ccccc32)c1. The summed E-state index contributed by atoms with van der Waals surface area (Å²) in [6.45, 7) is 0.328. The van der Waals surface area contributed by atoms with Gasteiger partial charge in [-0.2, -0.15) is 0 Å². The molecule has 0 unspecified atom stereocenters. The van der Waals surface area contributed by atoms with E-state index in [0.717, 1.165) is 5.56 Å². The molecule has 9 heteroatoms. The van der Waals surface area contributed by atoms with Crippen molar-refractivity contribution in [2.75, 3.05) is 10.8 Å². The standard InChI is InChI=1S/C22H19N3O5S/c26-20-11-4-2-9-18(20)22(28)24-23-21(27)16-7-5-8-17(14-16)31(29,30)25-13-12-15-6-1-3-10-19(15)25/h1-11,14,26H,12-13H2,(H,23,27)(H,24,28). The quantitative estimate of drug-likeness (QED) is 0.542. The lowest BCUT2D eigenvalue weighted by Crippen LogP contribution is -2.41. The van der Waals surface area contributed by atoms with E-state index in [1.807, 2.05) is 12.1 Å². The van der Waals surface area contributed by atoms with E-state index in [1.165, 1.54) is 40.7 Å². The van der Waals surface area contributed by atoms with Crippen LogP contribution in [0.1, 0.15) is 26.3 Å². The summed E-state index contributed by atoms with van der Waals surface area (Å²) in [5, 5.41) is 9.72. The lowest BCUT2D eigenvalue weighted by molar-refractivity contribution is 0.0845. The van der Waals surface area contributed by atoms with Crippen molar-refractivity contribution < 1.29 is 23.1 Å². The number of carbonyl (C=O) groups excluding carboxylic acids is 2. The molecule has 3 aromatic carbocycles. The minimum absolute atomic E-state index is 0.00757. The van der Waals surface area contributed by atoms with E-state index in [1.54, 1.807) is 24.3 Å². The predicted molar refractivity (Wildman–Crippen MR) is 114 cm³/mol. The Morgan fingerprint density at radius 1 is 0.871 bits per heavy atom. The Morgan fingerprint density at radius 3 is 2.39 bits per heavy atom. The molecule has 0 fully saturated rings. The molecule has 8 nitrogen and oxygen atoms in total. The maximum Gasteiger partial charge on any atom is 0.273 e. The van der Waals surface area contributed by atoms with E-state index >= 15 is 0 Å². The molecule has 0 spiro atoms. The number of aromatic hydroxyl groups is 1. The number of hydrogen-bond donors (Lipinski definition) is 3. The molecule has 0 aliphatic carbocycles. The molecular weight excluding hydrogens is 418 g/mol. The zero-order chi connectivity index (χ0) is 22.0. The van der Waals surface area contributed by atoms with Gasteiger partial charge in [0.15, 0.2) is 0 Å². The number of benzene rings is 3. The van der Waals surface area contributed by atoms with Gasteiger partial charge >= 0.3 is 0 Å². The monoisotopic (exact) mass is 437 g/mol. The number of nitrogens with one attached hydrogen (secondary N) is 2. The number of fused-ring (bicyclic) bond motifs is 1. The van der Waals surface area contributed by atoms with Crippen LogP contribution < -0.4 is 15.2 Å². The minimum atomic E-state index is -3.86. The number of rotatable bonds is 4. The molecule has 0 saturated carbocycles. The first-order valence-corrected chi connectivity index (χ1v) is 10.9. The van der Waals surface area contributed by atoms with Gasteiger partial charge in [0, 0.05) is 12.1 Å². The number of hydrazine groups is 1. The Balaban J connectivity index is 1.51. The summed E-state index contributed by atoms with van der Waals surface area (Å²) in [6, 6.07) is 18.8. The van der Waals surface area contributed by atoms with Gasteiger partial charge in [-0.3, -0.25) is 24.7 Å². The molecule has 4 rings (SSSR count). The first kappa shape index (κ1) is 20.4. The summed E-state index contributed by atoms with van der Waals surface area (Å²) in [6.07, 6.45) is 0.619. The molecule has 158 valence electrons. The van der Waals surface area contributed by atoms with Crippen LogP contribution in [0.5, 0.6) is 5.75 Å². The highest BCUT2D eigenvalue weighted by Crippen LogP contribution is 2.32. The van der Waals surface area contributed by atoms with Gasteiger partial charge in [0.1, 0.15) is 5.75 Å². The lowest BCUT2D eigenvalue weighted by Gasteiger charge is -2.20. The lowest BCUT2D eigenvalue weighted by atomic mass is 10.2. The Labute approximate surface area is 179 Å². The molecule has 1 aliphatic heterocycles. The number of anilines is 1. The molecular formula is C22H19N3O5S. The van der Waals surface area contributed by atoms with Gasteiger partial charge in [0.2, 0.25) is 0 Å². The van der Waals surface area contributed by atoms with Crippen LogP contribution in [0, 0.1) is 0 Å². The largest absolute Gasteiger partial charge is 0.507 e. The summed E-state index contributed by atoms with van der Waals surface area (Å²) in [5.41, 5.74) is 6.07. The van der Waals surface area contributed by atoms with Crippen LogP contribution in [0.3, 0.4) is 0 Å². The van der Waals surface area contributed by atoms with Crippen molar-refractivity contribution in [3.05, 3.63) is 89.5 Å². The fourth-order valence-corrected chi connectivity index (χ4v) is 4.95. The van der Waals surface area contributed by atoms with Crippen molar-refractivity contribution in [3.63, 3.8) is 0 Å². The maximum absolute atomic E-state index is 13.2. The molecule has 2 amide bonds. The average molecular weight is 437 g/mol. The van der Waals surface area contributed by atoms with E-state index in [9.17, 15) is 23.1 Å². The highest BCUT2D eigenvalue weighted by molar-refractivity contribution is 7.92. The van der Waals surface area contributed by atoms with Gasteiger partial charge in [-0.15, -0.1) is 0 Å². The first-order chi connectivity index (χ1) is 14.9. The number of para-hydroxylation sites is 2. The topological polar surface area (TPSA) is 116 Å². The molecule has 3 N–H and O–H groups in total. The Kier molecular flexibility index (Phi) is 5.35. The van der Waals surface area contributed by atoms with Crippen LogP contribution in [-0.4, -0.2) is 31.9 Å². The van der Waals surface area contributed by atoms with E-state index in [4.69, 9.17) is 0 Å². The Morgan fingerprint density at radius 2 is 1.58 bits per heavy atom. The summed E-state index contributed by atoms with van der Waals surface area (Å²) < 4.78 is 27.6. The van der Waals surface area contributed by atoms with Crippen molar-refractivity contribution in [1.29, 1.82) is 0 Å². The second kappa shape index (κ2) is 8.11. The van der Waals surface area contributed by atoms with E-state index in [-0.39, 0.29) is 21.8 Å². The van der Waals surface area contributed by atoms with Crippen molar-refractivity contribution in [2.45, 2.75) is 11.3 Å². The van der Waals surface area contributed by atoms with Crippen LogP contribution in [0.15, 0.2) is 77.7 Å². The van der Waals surface area contributed by atoms with Gasteiger partial charge in [-0.1, -0.05) is 36.4 Å². The number of sulfonamides is 1. The number of phenols is 1. The summed E-state index contributed by atoms with van der Waals surface area (Å²) >= 11 is 0. The number of phenolic OH excluding ortho intramolecular Hbond substituents is 1. The van der Waals surface area contributed by atoms with Crippen LogP contribution in [-0.2, 0) is 16.4 Å². The molecule has 1 heterocycles. The second-order valence-electron chi connectivity index (χ2n) is 6.91. The molecule has 0 saturated heterocycles. The fraction of sp³-hybridized carbons (Fsp3) is 0.0909. The highest BCUT2D eigenvalue weighted by Gasteiger charge is 2.31. The second-order valence-corrected chi connectivity index (χ2v) is 8.77. The molecule has 0 atom stereocenters. The smallest absolute Gasteiger partial charge is 0.273 e. The molecule has 0 radical (unpaired) electrons. The molecule has 31 heavy (non-hydrogen) atoms. The van der Waals surface area contributed by atoms with Crippen LogP contribution in [0.2, 0.25) is 0 Å². The molecule has 0 aromatic heterocycles. The van der Waals surface area contributed by atoms with Gasteiger partial charge < -0.3 is 5.11 Å². The third-order valence-corrected chi connectivity index (χ3v) is 6.78.